The highest BCUT2D eigenvalue weighted by Crippen LogP contribution is 2.37. The molecule has 0 saturated heterocycles. The van der Waals surface area contributed by atoms with Gasteiger partial charge in [0.2, 0.25) is 0 Å². The Morgan fingerprint density at radius 2 is 2.10 bits per heavy atom. The van der Waals surface area contributed by atoms with E-state index in [9.17, 15) is 0 Å². The Kier molecular flexibility index (Phi) is 4.18. The molecule has 1 aliphatic rings. The first-order valence-electron chi connectivity index (χ1n) is 7.49. The van der Waals surface area contributed by atoms with Crippen LogP contribution in [0.2, 0.25) is 0 Å². The average molecular weight is 286 g/mol. The largest absolute Gasteiger partial charge is 0.312 e. The molecule has 2 unspecified atom stereocenters. The quantitative estimate of drug-likeness (QED) is 0.916. The Bertz CT molecular complexity index is 538. The summed E-state index contributed by atoms with van der Waals surface area (Å²) < 4.78 is 0. The zero-order valence-corrected chi connectivity index (χ0v) is 13.0. The molecule has 3 heteroatoms. The molecule has 20 heavy (non-hydrogen) atoms. The van der Waals surface area contributed by atoms with Crippen molar-refractivity contribution in [2.24, 2.45) is 0 Å². The van der Waals surface area contributed by atoms with Gasteiger partial charge in [0.15, 0.2) is 0 Å². The maximum Gasteiger partial charge on any atom is 0.0494 e. The lowest BCUT2D eigenvalue weighted by Crippen LogP contribution is -2.21. The number of likely N-dealkylation sites (N-methyl/N-ethyl adjacent to an activating group) is 1. The fourth-order valence-electron chi connectivity index (χ4n) is 3.12. The molecule has 0 fully saturated rings. The maximum absolute atomic E-state index is 4.52. The van der Waals surface area contributed by atoms with Crippen molar-refractivity contribution in [2.45, 2.75) is 44.6 Å². The molecule has 0 aliphatic heterocycles. The van der Waals surface area contributed by atoms with Gasteiger partial charge in [-0.3, -0.25) is 4.98 Å². The number of hydrogen-bond acceptors (Lipinski definition) is 3. The number of pyridine rings is 1. The molecule has 0 amide bonds. The van der Waals surface area contributed by atoms with Crippen LogP contribution in [0.5, 0.6) is 0 Å². The summed E-state index contributed by atoms with van der Waals surface area (Å²) in [7, 11) is 2.06. The maximum atomic E-state index is 4.52. The highest BCUT2D eigenvalue weighted by atomic mass is 32.1. The van der Waals surface area contributed by atoms with E-state index in [0.717, 1.165) is 0 Å². The van der Waals surface area contributed by atoms with Gasteiger partial charge >= 0.3 is 0 Å². The van der Waals surface area contributed by atoms with E-state index in [0.29, 0.717) is 12.0 Å². The monoisotopic (exact) mass is 286 g/mol. The van der Waals surface area contributed by atoms with Crippen molar-refractivity contribution in [3.63, 3.8) is 0 Å². The Morgan fingerprint density at radius 1 is 1.25 bits per heavy atom. The molecule has 0 saturated carbocycles. The molecule has 0 bridgehead atoms. The third-order valence-electron chi connectivity index (χ3n) is 4.29. The smallest absolute Gasteiger partial charge is 0.0494 e. The van der Waals surface area contributed by atoms with Crippen LogP contribution in [-0.2, 0) is 12.8 Å². The lowest BCUT2D eigenvalue weighted by Gasteiger charge is -2.22. The summed E-state index contributed by atoms with van der Waals surface area (Å²) in [6, 6.07) is 8.97. The molecular weight excluding hydrogens is 264 g/mol. The van der Waals surface area contributed by atoms with Crippen LogP contribution in [0.15, 0.2) is 30.5 Å². The van der Waals surface area contributed by atoms with Gasteiger partial charge in [-0.15, -0.1) is 11.3 Å². The number of aryl methyl sites for hydroxylation is 2. The van der Waals surface area contributed by atoms with Crippen molar-refractivity contribution in [1.29, 1.82) is 0 Å². The molecule has 0 spiro atoms. The lowest BCUT2D eigenvalue weighted by molar-refractivity contribution is 0.506. The summed E-state index contributed by atoms with van der Waals surface area (Å²) in [6.45, 7) is 2.27. The second-order valence-electron chi connectivity index (χ2n) is 5.61. The van der Waals surface area contributed by atoms with Gasteiger partial charge in [0.05, 0.1) is 0 Å². The van der Waals surface area contributed by atoms with Crippen LogP contribution >= 0.6 is 11.3 Å². The average Bonchev–Trinajstić information content (AvgIpc) is 2.92. The van der Waals surface area contributed by atoms with Gasteiger partial charge < -0.3 is 5.32 Å². The van der Waals surface area contributed by atoms with E-state index in [2.05, 4.69) is 42.5 Å². The van der Waals surface area contributed by atoms with E-state index in [4.69, 9.17) is 0 Å². The summed E-state index contributed by atoms with van der Waals surface area (Å²) in [5, 5.41) is 3.50. The predicted molar refractivity (Wildman–Crippen MR) is 85.4 cm³/mol. The van der Waals surface area contributed by atoms with Crippen molar-refractivity contribution >= 4 is 11.3 Å². The number of fused-ring (bicyclic) bond motifs is 1. The van der Waals surface area contributed by atoms with E-state index in [-0.39, 0.29) is 0 Å². The molecule has 2 aromatic heterocycles. The zero-order chi connectivity index (χ0) is 13.9. The van der Waals surface area contributed by atoms with Crippen LogP contribution in [0.3, 0.4) is 0 Å². The Labute approximate surface area is 125 Å². The molecular formula is C17H22N2S. The highest BCUT2D eigenvalue weighted by Gasteiger charge is 2.24. The Hall–Kier alpha value is -1.19. The molecule has 106 valence electrons. The van der Waals surface area contributed by atoms with Crippen molar-refractivity contribution in [3.05, 3.63) is 51.5 Å². The topological polar surface area (TPSA) is 24.9 Å². The van der Waals surface area contributed by atoms with Gasteiger partial charge in [-0.25, -0.2) is 0 Å². The fourth-order valence-corrected chi connectivity index (χ4v) is 4.59. The molecule has 2 nitrogen and oxygen atoms in total. The zero-order valence-electron chi connectivity index (χ0n) is 12.2. The number of nitrogens with one attached hydrogen (secondary N) is 1. The molecule has 1 aliphatic carbocycles. The minimum absolute atomic E-state index is 0.362. The minimum atomic E-state index is 0.362. The van der Waals surface area contributed by atoms with Gasteiger partial charge in [0.1, 0.15) is 0 Å². The van der Waals surface area contributed by atoms with Crippen molar-refractivity contribution < 1.29 is 0 Å². The van der Waals surface area contributed by atoms with Crippen LogP contribution in [0.4, 0.5) is 0 Å². The van der Waals surface area contributed by atoms with Crippen LogP contribution in [0, 0.1) is 0 Å². The van der Waals surface area contributed by atoms with Crippen molar-refractivity contribution in [2.75, 3.05) is 7.05 Å². The lowest BCUT2D eigenvalue weighted by atomic mass is 9.94. The molecule has 2 atom stereocenters. The van der Waals surface area contributed by atoms with Gasteiger partial charge in [-0.2, -0.15) is 0 Å². The SMILES string of the molecule is CNC(c1cc2c(s1)CCCC2)C(C)c1ccccn1. The number of aromatic nitrogens is 1. The van der Waals surface area contributed by atoms with E-state index in [1.54, 1.807) is 10.4 Å². The minimum Gasteiger partial charge on any atom is -0.312 e. The first-order chi connectivity index (χ1) is 9.79. The molecule has 2 heterocycles. The van der Waals surface area contributed by atoms with Gasteiger partial charge in [-0.1, -0.05) is 13.0 Å². The number of nitrogens with zero attached hydrogens (tertiary/aromatic N) is 1. The molecule has 3 rings (SSSR count). The molecule has 0 radical (unpaired) electrons. The van der Waals surface area contributed by atoms with Gasteiger partial charge in [0, 0.05) is 33.6 Å². The molecule has 1 N–H and O–H groups in total. The third kappa shape index (κ3) is 2.65. The number of hydrogen-bond donors (Lipinski definition) is 1. The first-order valence-corrected chi connectivity index (χ1v) is 8.31. The summed E-state index contributed by atoms with van der Waals surface area (Å²) in [5.41, 5.74) is 2.75. The summed E-state index contributed by atoms with van der Waals surface area (Å²) in [6.07, 6.45) is 7.13. The third-order valence-corrected chi connectivity index (χ3v) is 5.61. The van der Waals surface area contributed by atoms with Gasteiger partial charge in [-0.05, 0) is 56.5 Å². The van der Waals surface area contributed by atoms with Crippen LogP contribution in [0.1, 0.15) is 52.7 Å². The van der Waals surface area contributed by atoms with Crippen LogP contribution in [-0.4, -0.2) is 12.0 Å². The molecule has 0 aromatic carbocycles. The van der Waals surface area contributed by atoms with Crippen molar-refractivity contribution in [3.8, 4) is 0 Å². The van der Waals surface area contributed by atoms with Crippen LogP contribution in [0.25, 0.3) is 0 Å². The number of thiophene rings is 1. The summed E-state index contributed by atoms with van der Waals surface area (Å²) >= 11 is 2.00. The van der Waals surface area contributed by atoms with E-state index in [1.165, 1.54) is 36.3 Å². The first kappa shape index (κ1) is 13.8. The fraction of sp³-hybridized carbons (Fsp3) is 0.471. The Morgan fingerprint density at radius 3 is 2.80 bits per heavy atom. The number of rotatable bonds is 4. The Balaban J connectivity index is 1.88. The van der Waals surface area contributed by atoms with Crippen molar-refractivity contribution in [1.82, 2.24) is 10.3 Å². The molecule has 2 aromatic rings. The van der Waals surface area contributed by atoms with E-state index in [1.807, 2.05) is 23.6 Å². The second kappa shape index (κ2) is 6.06. The summed E-state index contributed by atoms with van der Waals surface area (Å²) in [4.78, 5) is 7.60. The standard InChI is InChI=1S/C17H22N2S/c1-12(14-8-5-6-10-19-14)17(18-2)16-11-13-7-3-4-9-15(13)20-16/h5-6,8,10-12,17-18H,3-4,7,9H2,1-2H3. The van der Waals surface area contributed by atoms with Gasteiger partial charge in [0.25, 0.3) is 0 Å². The normalized spacial score (nSPS) is 17.5. The van der Waals surface area contributed by atoms with Crippen LogP contribution < -0.4 is 5.32 Å². The second-order valence-corrected chi connectivity index (χ2v) is 6.78. The summed E-state index contributed by atoms with van der Waals surface area (Å²) in [5.74, 6) is 0.390. The predicted octanol–water partition coefficient (Wildman–Crippen LogP) is 4.09. The van der Waals surface area contributed by atoms with E-state index < -0.39 is 0 Å². The van der Waals surface area contributed by atoms with E-state index >= 15 is 0 Å². The highest BCUT2D eigenvalue weighted by molar-refractivity contribution is 7.12.